The average Bonchev–Trinajstić information content (AvgIpc) is 3.26. The summed E-state index contributed by atoms with van der Waals surface area (Å²) in [5, 5.41) is 10.5. The summed E-state index contributed by atoms with van der Waals surface area (Å²) in [4.78, 5) is 33.1. The molecule has 4 rings (SSSR count). The topological polar surface area (TPSA) is 115 Å². The molecule has 0 atom stereocenters. The number of rotatable bonds is 6. The molecule has 0 saturated carbocycles. The minimum atomic E-state index is -0.453. The van der Waals surface area contributed by atoms with Crippen LogP contribution in [0.2, 0.25) is 0 Å². The Bertz CT molecular complexity index is 1220. The summed E-state index contributed by atoms with van der Waals surface area (Å²) in [6, 6.07) is 11.6. The average molecular weight is 390 g/mol. The largest absolute Gasteiger partial charge is 0.451 e. The number of hydrogen-bond donors (Lipinski definition) is 2. The van der Waals surface area contributed by atoms with E-state index < -0.39 is 5.91 Å². The van der Waals surface area contributed by atoms with E-state index in [1.54, 1.807) is 54.3 Å². The lowest BCUT2D eigenvalue weighted by Crippen LogP contribution is -2.29. The van der Waals surface area contributed by atoms with Crippen molar-refractivity contribution in [2.45, 2.75) is 6.92 Å². The summed E-state index contributed by atoms with van der Waals surface area (Å²) in [7, 11) is 0. The molecule has 1 aromatic carbocycles. The number of anilines is 1. The summed E-state index contributed by atoms with van der Waals surface area (Å²) < 4.78 is 7.17. The molecular weight excluding hydrogens is 372 g/mol. The van der Waals surface area contributed by atoms with Crippen molar-refractivity contribution in [1.29, 1.82) is 0 Å². The van der Waals surface area contributed by atoms with E-state index in [4.69, 9.17) is 4.42 Å². The first-order chi connectivity index (χ1) is 14.1. The number of benzene rings is 1. The van der Waals surface area contributed by atoms with Gasteiger partial charge in [-0.3, -0.25) is 9.59 Å². The number of nitrogens with one attached hydrogen (secondary N) is 2. The predicted molar refractivity (Wildman–Crippen MR) is 107 cm³/mol. The van der Waals surface area contributed by atoms with Crippen LogP contribution >= 0.6 is 0 Å². The Hall–Kier alpha value is -4.01. The third kappa shape index (κ3) is 4.13. The third-order valence-electron chi connectivity index (χ3n) is 4.14. The van der Waals surface area contributed by atoms with E-state index in [9.17, 15) is 9.59 Å². The molecule has 146 valence electrons. The van der Waals surface area contributed by atoms with Gasteiger partial charge in [0.15, 0.2) is 17.0 Å². The van der Waals surface area contributed by atoms with E-state index in [1.165, 1.54) is 6.07 Å². The minimum Gasteiger partial charge on any atom is -0.451 e. The Morgan fingerprint density at radius 2 is 2.00 bits per heavy atom. The molecule has 29 heavy (non-hydrogen) atoms. The van der Waals surface area contributed by atoms with Crippen molar-refractivity contribution >= 4 is 22.7 Å². The normalized spacial score (nSPS) is 10.8. The number of carbonyl (C=O) groups excluding carboxylic acids is 1. The maximum absolute atomic E-state index is 12.3. The van der Waals surface area contributed by atoms with Crippen LogP contribution in [0.25, 0.3) is 16.8 Å². The Kier molecular flexibility index (Phi) is 5.02. The van der Waals surface area contributed by atoms with Gasteiger partial charge in [-0.25, -0.2) is 14.6 Å². The van der Waals surface area contributed by atoms with E-state index in [2.05, 4.69) is 25.7 Å². The lowest BCUT2D eigenvalue weighted by atomic mass is 10.2. The van der Waals surface area contributed by atoms with Crippen LogP contribution in [0, 0.1) is 6.92 Å². The van der Waals surface area contributed by atoms with E-state index >= 15 is 0 Å². The Morgan fingerprint density at radius 3 is 2.83 bits per heavy atom. The molecule has 0 spiro atoms. The van der Waals surface area contributed by atoms with Crippen LogP contribution in [0.4, 0.5) is 5.82 Å². The standard InChI is InChI=1S/C20H18N6O3/c1-13-24-18(12-19(25-13)26-10-4-7-23-26)21-8-9-22-20(28)17-11-15(27)14-5-2-3-6-16(14)29-17/h2-7,10-12H,8-9H2,1H3,(H,22,28)(H,21,24,25). The van der Waals surface area contributed by atoms with Crippen molar-refractivity contribution in [1.82, 2.24) is 25.1 Å². The number of aromatic nitrogens is 4. The summed E-state index contributed by atoms with van der Waals surface area (Å²) in [5.74, 6) is 1.39. The molecule has 0 radical (unpaired) electrons. The molecule has 0 aliphatic carbocycles. The molecule has 4 aromatic rings. The molecule has 3 heterocycles. The molecule has 0 bridgehead atoms. The van der Waals surface area contributed by atoms with Crippen LogP contribution in [0.3, 0.4) is 0 Å². The van der Waals surface area contributed by atoms with Crippen LogP contribution in [-0.2, 0) is 0 Å². The van der Waals surface area contributed by atoms with Gasteiger partial charge in [-0.05, 0) is 25.1 Å². The number of para-hydroxylation sites is 1. The zero-order valence-electron chi connectivity index (χ0n) is 15.6. The molecule has 9 nitrogen and oxygen atoms in total. The SMILES string of the molecule is Cc1nc(NCCNC(=O)c2cc(=O)c3ccccc3o2)cc(-n2cccn2)n1. The monoisotopic (exact) mass is 390 g/mol. The van der Waals surface area contributed by atoms with Crippen molar-refractivity contribution in [2.24, 2.45) is 0 Å². The highest BCUT2D eigenvalue weighted by molar-refractivity contribution is 5.93. The zero-order chi connectivity index (χ0) is 20.2. The van der Waals surface area contributed by atoms with Gasteiger partial charge in [-0.15, -0.1) is 0 Å². The van der Waals surface area contributed by atoms with Crippen LogP contribution < -0.4 is 16.1 Å². The number of nitrogens with zero attached hydrogens (tertiary/aromatic N) is 4. The first kappa shape index (κ1) is 18.4. The van der Waals surface area contributed by atoms with Gasteiger partial charge < -0.3 is 15.1 Å². The van der Waals surface area contributed by atoms with Crippen LogP contribution in [0.15, 0.2) is 64.1 Å². The lowest BCUT2D eigenvalue weighted by Gasteiger charge is -2.09. The highest BCUT2D eigenvalue weighted by Crippen LogP contribution is 2.12. The first-order valence-electron chi connectivity index (χ1n) is 9.01. The van der Waals surface area contributed by atoms with Crippen LogP contribution in [0.1, 0.15) is 16.4 Å². The molecule has 0 aliphatic heterocycles. The van der Waals surface area contributed by atoms with Gasteiger partial charge in [0.2, 0.25) is 0 Å². The molecule has 0 aliphatic rings. The van der Waals surface area contributed by atoms with Gasteiger partial charge >= 0.3 is 0 Å². The summed E-state index contributed by atoms with van der Waals surface area (Å²) in [6.07, 6.45) is 3.47. The Labute approximate surface area is 165 Å². The minimum absolute atomic E-state index is 0.0208. The zero-order valence-corrected chi connectivity index (χ0v) is 15.6. The third-order valence-corrected chi connectivity index (χ3v) is 4.14. The van der Waals surface area contributed by atoms with Crippen LogP contribution in [0.5, 0.6) is 0 Å². The van der Waals surface area contributed by atoms with Gasteiger partial charge in [-0.1, -0.05) is 12.1 Å². The van der Waals surface area contributed by atoms with Gasteiger partial charge in [-0.2, -0.15) is 5.10 Å². The van der Waals surface area contributed by atoms with Crippen molar-refractivity contribution < 1.29 is 9.21 Å². The van der Waals surface area contributed by atoms with Gasteiger partial charge in [0, 0.05) is 37.6 Å². The lowest BCUT2D eigenvalue weighted by molar-refractivity contribution is 0.0928. The number of aryl methyl sites for hydroxylation is 1. The molecule has 1 amide bonds. The molecule has 0 saturated heterocycles. The fraction of sp³-hybridized carbons (Fsp3) is 0.150. The molecule has 0 unspecified atom stereocenters. The number of amides is 1. The smallest absolute Gasteiger partial charge is 0.287 e. The van der Waals surface area contributed by atoms with E-state index in [0.29, 0.717) is 41.5 Å². The quantitative estimate of drug-likeness (QED) is 0.483. The number of hydrogen-bond acceptors (Lipinski definition) is 7. The Morgan fingerprint density at radius 1 is 1.14 bits per heavy atom. The summed E-state index contributed by atoms with van der Waals surface area (Å²) in [5.41, 5.74) is 0.128. The van der Waals surface area contributed by atoms with Crippen molar-refractivity contribution in [3.8, 4) is 5.82 Å². The van der Waals surface area contributed by atoms with Gasteiger partial charge in [0.1, 0.15) is 17.2 Å². The second-order valence-electron chi connectivity index (χ2n) is 6.26. The Balaban J connectivity index is 1.37. The van der Waals surface area contributed by atoms with Crippen molar-refractivity contribution in [3.05, 3.63) is 76.7 Å². The van der Waals surface area contributed by atoms with E-state index in [1.807, 2.05) is 6.07 Å². The summed E-state index contributed by atoms with van der Waals surface area (Å²) >= 11 is 0. The molecule has 3 aromatic heterocycles. The molecule has 0 fully saturated rings. The van der Waals surface area contributed by atoms with Crippen molar-refractivity contribution in [3.63, 3.8) is 0 Å². The highest BCUT2D eigenvalue weighted by atomic mass is 16.3. The van der Waals surface area contributed by atoms with E-state index in [-0.39, 0.29) is 11.2 Å². The number of fused-ring (bicyclic) bond motifs is 1. The molecule has 2 N–H and O–H groups in total. The maximum atomic E-state index is 12.3. The fourth-order valence-electron chi connectivity index (χ4n) is 2.83. The van der Waals surface area contributed by atoms with E-state index in [0.717, 1.165) is 0 Å². The highest BCUT2D eigenvalue weighted by Gasteiger charge is 2.11. The fourth-order valence-corrected chi connectivity index (χ4v) is 2.83. The predicted octanol–water partition coefficient (Wildman–Crippen LogP) is 1.92. The van der Waals surface area contributed by atoms with Crippen LogP contribution in [-0.4, -0.2) is 38.7 Å². The maximum Gasteiger partial charge on any atom is 0.287 e. The first-order valence-corrected chi connectivity index (χ1v) is 9.01. The van der Waals surface area contributed by atoms with Gasteiger partial charge in [0.05, 0.1) is 5.39 Å². The second-order valence-corrected chi connectivity index (χ2v) is 6.26. The second kappa shape index (κ2) is 7.93. The summed E-state index contributed by atoms with van der Waals surface area (Å²) in [6.45, 7) is 2.54. The molecular formula is C20H18N6O3. The number of carbonyl (C=O) groups is 1. The van der Waals surface area contributed by atoms with Gasteiger partial charge in [0.25, 0.3) is 5.91 Å². The van der Waals surface area contributed by atoms with Crippen molar-refractivity contribution in [2.75, 3.05) is 18.4 Å². The molecule has 9 heteroatoms.